The Balaban J connectivity index is 1.87. The van der Waals surface area contributed by atoms with Crippen molar-refractivity contribution < 1.29 is 4.79 Å². The molecule has 3 nitrogen and oxygen atoms in total. The molecule has 2 aromatic rings. The van der Waals surface area contributed by atoms with Crippen molar-refractivity contribution >= 4 is 45.2 Å². The minimum Gasteiger partial charge on any atom is -0.280 e. The Bertz CT molecular complexity index is 649. The van der Waals surface area contributed by atoms with Crippen LogP contribution in [-0.4, -0.2) is 27.8 Å². The van der Waals surface area contributed by atoms with E-state index in [2.05, 4.69) is 4.99 Å². The van der Waals surface area contributed by atoms with Crippen LogP contribution in [0, 0.1) is 0 Å². The molecule has 2 aromatic carbocycles. The van der Waals surface area contributed by atoms with Crippen LogP contribution in [0.1, 0.15) is 6.92 Å². The van der Waals surface area contributed by atoms with E-state index in [1.807, 2.05) is 67.6 Å². The third-order valence-electron chi connectivity index (χ3n) is 3.43. The number of thioether (sulfide) groups is 2. The molecular formula is C18H18N2OS2. The third kappa shape index (κ3) is 3.98. The van der Waals surface area contributed by atoms with Crippen LogP contribution < -0.4 is 4.90 Å². The summed E-state index contributed by atoms with van der Waals surface area (Å²) in [5, 5.41) is -0.181. The number of amides is 1. The highest BCUT2D eigenvalue weighted by atomic mass is 32.2. The summed E-state index contributed by atoms with van der Waals surface area (Å²) in [4.78, 5) is 19.3. The first kappa shape index (κ1) is 16.1. The lowest BCUT2D eigenvalue weighted by molar-refractivity contribution is -0.117. The molecule has 23 heavy (non-hydrogen) atoms. The summed E-state index contributed by atoms with van der Waals surface area (Å²) in [5.41, 5.74) is 1.77. The second-order valence-corrected chi connectivity index (χ2v) is 7.77. The van der Waals surface area contributed by atoms with Crippen molar-refractivity contribution in [1.82, 2.24) is 0 Å². The Morgan fingerprint density at radius 3 is 2.13 bits per heavy atom. The van der Waals surface area contributed by atoms with Gasteiger partial charge in [0.1, 0.15) is 4.38 Å². The number of anilines is 2. The van der Waals surface area contributed by atoms with Gasteiger partial charge in [-0.2, -0.15) is 0 Å². The quantitative estimate of drug-likeness (QED) is 0.815. The molecule has 1 unspecified atom stereocenters. The summed E-state index contributed by atoms with van der Waals surface area (Å²) < 4.78 is 1.02. The highest BCUT2D eigenvalue weighted by Crippen LogP contribution is 2.31. The first-order chi connectivity index (χ1) is 11.3. The van der Waals surface area contributed by atoms with Crippen molar-refractivity contribution in [3.8, 4) is 0 Å². The average molecular weight is 342 g/mol. The summed E-state index contributed by atoms with van der Waals surface area (Å²) in [6, 6.07) is 19.6. The number of nitrogens with zero attached hydrogens (tertiary/aromatic N) is 2. The van der Waals surface area contributed by atoms with Gasteiger partial charge in [0.2, 0.25) is 5.91 Å². The zero-order valence-corrected chi connectivity index (χ0v) is 14.5. The van der Waals surface area contributed by atoms with Crippen LogP contribution in [0.5, 0.6) is 0 Å². The molecule has 0 aromatic heterocycles. The number of rotatable bonds is 4. The van der Waals surface area contributed by atoms with Crippen molar-refractivity contribution in [2.75, 3.05) is 17.2 Å². The molecule has 1 amide bonds. The van der Waals surface area contributed by atoms with E-state index in [0.717, 1.165) is 28.0 Å². The Morgan fingerprint density at radius 1 is 1.09 bits per heavy atom. The van der Waals surface area contributed by atoms with Gasteiger partial charge in [0.25, 0.3) is 0 Å². The number of benzene rings is 2. The van der Waals surface area contributed by atoms with Crippen molar-refractivity contribution in [2.45, 2.75) is 12.2 Å². The van der Waals surface area contributed by atoms with Crippen LogP contribution in [0.15, 0.2) is 65.7 Å². The topological polar surface area (TPSA) is 32.7 Å². The third-order valence-corrected chi connectivity index (χ3v) is 5.72. The van der Waals surface area contributed by atoms with E-state index in [9.17, 15) is 4.79 Å². The SMILES string of the molecule is CC(SC1=NCCS1)C(=O)N(c1ccccc1)c1ccccc1. The van der Waals surface area contributed by atoms with E-state index in [4.69, 9.17) is 0 Å². The number of aliphatic imine (C=N–C) groups is 1. The van der Waals surface area contributed by atoms with Gasteiger partial charge in [-0.25, -0.2) is 0 Å². The minimum atomic E-state index is -0.181. The second kappa shape index (κ2) is 7.70. The number of carbonyl (C=O) groups is 1. The summed E-state index contributed by atoms with van der Waals surface area (Å²) in [7, 11) is 0. The fraction of sp³-hybridized carbons (Fsp3) is 0.222. The lowest BCUT2D eigenvalue weighted by Crippen LogP contribution is -2.33. The van der Waals surface area contributed by atoms with Gasteiger partial charge in [-0.1, -0.05) is 59.9 Å². The Morgan fingerprint density at radius 2 is 1.65 bits per heavy atom. The zero-order valence-electron chi connectivity index (χ0n) is 12.9. The Hall–Kier alpha value is -1.72. The van der Waals surface area contributed by atoms with Gasteiger partial charge in [-0.3, -0.25) is 14.7 Å². The van der Waals surface area contributed by atoms with Crippen LogP contribution >= 0.6 is 23.5 Å². The minimum absolute atomic E-state index is 0.0719. The van der Waals surface area contributed by atoms with Crippen molar-refractivity contribution in [1.29, 1.82) is 0 Å². The molecule has 0 aliphatic carbocycles. The second-order valence-electron chi connectivity index (χ2n) is 5.10. The van der Waals surface area contributed by atoms with Crippen molar-refractivity contribution in [3.05, 3.63) is 60.7 Å². The molecule has 0 saturated heterocycles. The van der Waals surface area contributed by atoms with Gasteiger partial charge < -0.3 is 0 Å². The monoisotopic (exact) mass is 342 g/mol. The van der Waals surface area contributed by atoms with E-state index < -0.39 is 0 Å². The lowest BCUT2D eigenvalue weighted by atomic mass is 10.2. The van der Waals surface area contributed by atoms with Crippen molar-refractivity contribution in [3.63, 3.8) is 0 Å². The van der Waals surface area contributed by atoms with Crippen LogP contribution in [0.2, 0.25) is 0 Å². The molecule has 1 aliphatic heterocycles. The molecular weight excluding hydrogens is 324 g/mol. The zero-order chi connectivity index (χ0) is 16.1. The molecule has 1 heterocycles. The van der Waals surface area contributed by atoms with Crippen LogP contribution in [0.3, 0.4) is 0 Å². The Kier molecular flexibility index (Phi) is 5.41. The van der Waals surface area contributed by atoms with Gasteiger partial charge in [0.05, 0.1) is 11.8 Å². The van der Waals surface area contributed by atoms with Gasteiger partial charge in [-0.05, 0) is 31.2 Å². The molecule has 0 N–H and O–H groups in total. The summed E-state index contributed by atoms with van der Waals surface area (Å²) in [5.74, 6) is 1.09. The fourth-order valence-corrected chi connectivity index (χ4v) is 4.50. The molecule has 0 fully saturated rings. The molecule has 0 saturated carbocycles. The maximum atomic E-state index is 13.1. The Labute approximate surface area is 145 Å². The standard InChI is InChI=1S/C18H18N2OS2/c1-14(23-18-19-12-13-22-18)17(21)20(15-8-4-2-5-9-15)16-10-6-3-7-11-16/h2-11,14H,12-13H2,1H3. The number of para-hydroxylation sites is 2. The average Bonchev–Trinajstić information content (AvgIpc) is 3.10. The lowest BCUT2D eigenvalue weighted by Gasteiger charge is -2.25. The van der Waals surface area contributed by atoms with E-state index in [1.54, 1.807) is 28.4 Å². The predicted octanol–water partition coefficient (Wildman–Crippen LogP) is 4.58. The molecule has 1 aliphatic rings. The van der Waals surface area contributed by atoms with E-state index in [-0.39, 0.29) is 11.2 Å². The highest BCUT2D eigenvalue weighted by Gasteiger charge is 2.26. The van der Waals surface area contributed by atoms with Gasteiger partial charge >= 0.3 is 0 Å². The highest BCUT2D eigenvalue weighted by molar-refractivity contribution is 8.39. The molecule has 118 valence electrons. The van der Waals surface area contributed by atoms with Crippen molar-refractivity contribution in [2.24, 2.45) is 4.99 Å². The number of carbonyl (C=O) groups excluding carboxylic acids is 1. The molecule has 3 rings (SSSR count). The first-order valence-corrected chi connectivity index (χ1v) is 9.40. The summed E-state index contributed by atoms with van der Waals surface area (Å²) in [6.45, 7) is 2.81. The van der Waals surface area contributed by atoms with Gasteiger partial charge in [0.15, 0.2) is 0 Å². The predicted molar refractivity (Wildman–Crippen MR) is 102 cm³/mol. The first-order valence-electron chi connectivity index (χ1n) is 7.53. The van der Waals surface area contributed by atoms with Gasteiger partial charge in [-0.15, -0.1) is 0 Å². The largest absolute Gasteiger partial charge is 0.280 e. The van der Waals surface area contributed by atoms with Crippen LogP contribution in [-0.2, 0) is 4.79 Å². The van der Waals surface area contributed by atoms with E-state index in [1.165, 1.54) is 0 Å². The smallest absolute Gasteiger partial charge is 0.244 e. The van der Waals surface area contributed by atoms with Crippen LogP contribution in [0.25, 0.3) is 0 Å². The van der Waals surface area contributed by atoms with Gasteiger partial charge in [0, 0.05) is 17.1 Å². The molecule has 5 heteroatoms. The molecule has 1 atom stereocenters. The summed E-state index contributed by atoms with van der Waals surface area (Å²) >= 11 is 3.29. The molecule has 0 bridgehead atoms. The normalized spacial score (nSPS) is 15.1. The van der Waals surface area contributed by atoms with Crippen LogP contribution in [0.4, 0.5) is 11.4 Å². The van der Waals surface area contributed by atoms with E-state index >= 15 is 0 Å². The number of hydrogen-bond donors (Lipinski definition) is 0. The fourth-order valence-electron chi connectivity index (χ4n) is 2.33. The molecule has 0 radical (unpaired) electrons. The summed E-state index contributed by atoms with van der Waals surface area (Å²) in [6.07, 6.45) is 0. The number of hydrogen-bond acceptors (Lipinski definition) is 4. The molecule has 0 spiro atoms. The maximum Gasteiger partial charge on any atom is 0.244 e. The maximum absolute atomic E-state index is 13.1. The van der Waals surface area contributed by atoms with E-state index in [0.29, 0.717) is 0 Å².